The third-order valence-corrected chi connectivity index (χ3v) is 6.25. The number of amides is 2. The summed E-state index contributed by atoms with van der Waals surface area (Å²) < 4.78 is 25.5. The molecule has 0 bridgehead atoms. The molecule has 0 aliphatic carbocycles. The predicted octanol–water partition coefficient (Wildman–Crippen LogP) is 2.40. The summed E-state index contributed by atoms with van der Waals surface area (Å²) >= 11 is 12.0. The second kappa shape index (κ2) is 9.38. The lowest BCUT2D eigenvalue weighted by molar-refractivity contribution is 0.0927. The third kappa shape index (κ3) is 5.23. The van der Waals surface area contributed by atoms with Crippen LogP contribution in [0.1, 0.15) is 20.7 Å². The van der Waals surface area contributed by atoms with Crippen molar-refractivity contribution in [3.05, 3.63) is 63.6 Å². The van der Waals surface area contributed by atoms with E-state index in [0.717, 1.165) is 4.31 Å². The van der Waals surface area contributed by atoms with Gasteiger partial charge in [0.05, 0.1) is 26.1 Å². The van der Waals surface area contributed by atoms with E-state index in [4.69, 9.17) is 23.2 Å². The summed E-state index contributed by atoms with van der Waals surface area (Å²) in [6, 6.07) is 10.5. The van der Waals surface area contributed by atoms with Gasteiger partial charge in [-0.15, -0.1) is 0 Å². The van der Waals surface area contributed by atoms with Gasteiger partial charge >= 0.3 is 0 Å². The van der Waals surface area contributed by atoms with E-state index >= 15 is 0 Å². The molecule has 150 valence electrons. The molecule has 28 heavy (non-hydrogen) atoms. The molecule has 0 aliphatic heterocycles. The van der Waals surface area contributed by atoms with Crippen molar-refractivity contribution < 1.29 is 18.0 Å². The number of benzene rings is 2. The summed E-state index contributed by atoms with van der Waals surface area (Å²) in [5.41, 5.74) is 0.363. The minimum absolute atomic E-state index is 0.0297. The Labute approximate surface area is 173 Å². The Morgan fingerprint density at radius 2 is 1.43 bits per heavy atom. The molecule has 0 aliphatic rings. The van der Waals surface area contributed by atoms with Crippen LogP contribution in [-0.2, 0) is 10.0 Å². The largest absolute Gasteiger partial charge is 0.350 e. The maximum atomic E-state index is 12.3. The molecular formula is C18H19Cl2N3O4S. The second-order valence-corrected chi connectivity index (χ2v) is 8.89. The van der Waals surface area contributed by atoms with Crippen LogP contribution in [-0.4, -0.2) is 51.7 Å². The lowest BCUT2D eigenvalue weighted by Crippen LogP contribution is -2.35. The Bertz CT molecular complexity index is 994. The van der Waals surface area contributed by atoms with Crippen LogP contribution in [0.5, 0.6) is 0 Å². The molecule has 0 atom stereocenters. The molecule has 2 N–H and O–H groups in total. The monoisotopic (exact) mass is 443 g/mol. The molecule has 2 amide bonds. The highest BCUT2D eigenvalue weighted by Gasteiger charge is 2.20. The van der Waals surface area contributed by atoms with Gasteiger partial charge in [-0.1, -0.05) is 35.3 Å². The number of nitrogens with zero attached hydrogens (tertiary/aromatic N) is 1. The van der Waals surface area contributed by atoms with Crippen LogP contribution in [0.4, 0.5) is 0 Å². The normalized spacial score (nSPS) is 11.3. The number of hydrogen-bond acceptors (Lipinski definition) is 4. The van der Waals surface area contributed by atoms with Crippen LogP contribution in [0, 0.1) is 0 Å². The molecule has 0 saturated carbocycles. The molecule has 7 nitrogen and oxygen atoms in total. The van der Waals surface area contributed by atoms with E-state index in [-0.39, 0.29) is 34.5 Å². The summed E-state index contributed by atoms with van der Waals surface area (Å²) in [5, 5.41) is 5.68. The van der Waals surface area contributed by atoms with Crippen molar-refractivity contribution in [2.45, 2.75) is 4.90 Å². The van der Waals surface area contributed by atoms with Crippen LogP contribution in [0.15, 0.2) is 47.4 Å². The molecule has 0 saturated heterocycles. The molecule has 2 rings (SSSR count). The van der Waals surface area contributed by atoms with Crippen molar-refractivity contribution >= 4 is 45.0 Å². The third-order valence-electron chi connectivity index (χ3n) is 3.78. The van der Waals surface area contributed by atoms with E-state index in [1.54, 1.807) is 24.3 Å². The van der Waals surface area contributed by atoms with Gasteiger partial charge in [0, 0.05) is 27.2 Å². The van der Waals surface area contributed by atoms with Crippen molar-refractivity contribution in [2.75, 3.05) is 27.2 Å². The zero-order valence-electron chi connectivity index (χ0n) is 15.2. The van der Waals surface area contributed by atoms with Gasteiger partial charge in [0.1, 0.15) is 0 Å². The van der Waals surface area contributed by atoms with Crippen LogP contribution >= 0.6 is 23.2 Å². The highest BCUT2D eigenvalue weighted by atomic mass is 35.5. The average molecular weight is 444 g/mol. The van der Waals surface area contributed by atoms with Crippen LogP contribution in [0.25, 0.3) is 0 Å². The summed E-state index contributed by atoms with van der Waals surface area (Å²) in [4.78, 5) is 24.4. The minimum Gasteiger partial charge on any atom is -0.350 e. The number of carbonyl (C=O) groups is 2. The first-order valence-corrected chi connectivity index (χ1v) is 10.4. The van der Waals surface area contributed by atoms with Crippen LogP contribution in [0.3, 0.4) is 0 Å². The van der Waals surface area contributed by atoms with E-state index in [1.807, 2.05) is 0 Å². The average Bonchev–Trinajstić information content (AvgIpc) is 2.65. The van der Waals surface area contributed by atoms with Gasteiger partial charge in [0.15, 0.2) is 0 Å². The fourth-order valence-corrected chi connectivity index (χ4v) is 3.59. The standard InChI is InChI=1S/C18H19Cl2N3O4S/c1-23(2)28(26,27)12-7-8-16(20)14(11-12)18(25)22-10-9-21-17(24)13-5-3-4-6-15(13)19/h3-8,11H,9-10H2,1-2H3,(H,21,24)(H,22,25). The Hall–Kier alpha value is -2.13. The molecule has 2 aromatic carbocycles. The zero-order valence-corrected chi connectivity index (χ0v) is 17.5. The van der Waals surface area contributed by atoms with Gasteiger partial charge in [0.2, 0.25) is 10.0 Å². The highest BCUT2D eigenvalue weighted by Crippen LogP contribution is 2.22. The first-order valence-electron chi connectivity index (χ1n) is 8.17. The number of sulfonamides is 1. The van der Waals surface area contributed by atoms with E-state index in [9.17, 15) is 18.0 Å². The van der Waals surface area contributed by atoms with Gasteiger partial charge in [-0.2, -0.15) is 0 Å². The lowest BCUT2D eigenvalue weighted by Gasteiger charge is -2.13. The molecule has 0 fully saturated rings. The molecule has 0 radical (unpaired) electrons. The molecule has 0 unspecified atom stereocenters. The first kappa shape index (κ1) is 22.2. The van der Waals surface area contributed by atoms with Gasteiger partial charge in [0.25, 0.3) is 11.8 Å². The zero-order chi connectivity index (χ0) is 20.9. The van der Waals surface area contributed by atoms with Crippen molar-refractivity contribution in [3.63, 3.8) is 0 Å². The van der Waals surface area contributed by atoms with Gasteiger partial charge in [-0.05, 0) is 30.3 Å². The second-order valence-electron chi connectivity index (χ2n) is 5.92. The fourth-order valence-electron chi connectivity index (χ4n) is 2.24. The SMILES string of the molecule is CN(C)S(=O)(=O)c1ccc(Cl)c(C(=O)NCCNC(=O)c2ccccc2Cl)c1. The van der Waals surface area contributed by atoms with E-state index in [0.29, 0.717) is 10.6 Å². The molecule has 2 aromatic rings. The topological polar surface area (TPSA) is 95.6 Å². The Morgan fingerprint density at radius 3 is 2.00 bits per heavy atom. The Morgan fingerprint density at radius 1 is 0.893 bits per heavy atom. The summed E-state index contributed by atoms with van der Waals surface area (Å²) in [6.07, 6.45) is 0. The summed E-state index contributed by atoms with van der Waals surface area (Å²) in [7, 11) is -0.907. The number of hydrogen-bond donors (Lipinski definition) is 2. The van der Waals surface area contributed by atoms with Crippen molar-refractivity contribution in [2.24, 2.45) is 0 Å². The highest BCUT2D eigenvalue weighted by molar-refractivity contribution is 7.89. The van der Waals surface area contributed by atoms with Crippen molar-refractivity contribution in [1.82, 2.24) is 14.9 Å². The maximum Gasteiger partial charge on any atom is 0.252 e. The molecule has 0 heterocycles. The number of carbonyl (C=O) groups excluding carboxylic acids is 2. The number of nitrogens with one attached hydrogen (secondary N) is 2. The molecule has 0 aromatic heterocycles. The van der Waals surface area contributed by atoms with Gasteiger partial charge < -0.3 is 10.6 Å². The maximum absolute atomic E-state index is 12.3. The Kier molecular flexibility index (Phi) is 7.42. The fraction of sp³-hybridized carbons (Fsp3) is 0.222. The quantitative estimate of drug-likeness (QED) is 0.642. The molecule has 0 spiro atoms. The summed E-state index contributed by atoms with van der Waals surface area (Å²) in [6.45, 7) is 0.277. The minimum atomic E-state index is -3.70. The molecule has 10 heteroatoms. The van der Waals surface area contributed by atoms with E-state index < -0.39 is 15.9 Å². The van der Waals surface area contributed by atoms with Gasteiger partial charge in [-0.3, -0.25) is 9.59 Å². The number of halogens is 2. The summed E-state index contributed by atoms with van der Waals surface area (Å²) in [5.74, 6) is -0.912. The smallest absolute Gasteiger partial charge is 0.252 e. The molecular weight excluding hydrogens is 425 g/mol. The lowest BCUT2D eigenvalue weighted by atomic mass is 10.2. The Balaban J connectivity index is 1.98. The first-order chi connectivity index (χ1) is 13.1. The number of rotatable bonds is 7. The van der Waals surface area contributed by atoms with Crippen molar-refractivity contribution in [1.29, 1.82) is 0 Å². The van der Waals surface area contributed by atoms with Gasteiger partial charge in [-0.25, -0.2) is 12.7 Å². The van der Waals surface area contributed by atoms with E-state index in [1.165, 1.54) is 32.3 Å². The van der Waals surface area contributed by atoms with Crippen molar-refractivity contribution in [3.8, 4) is 0 Å². The van der Waals surface area contributed by atoms with E-state index in [2.05, 4.69) is 10.6 Å². The van der Waals surface area contributed by atoms with Crippen LogP contribution < -0.4 is 10.6 Å². The predicted molar refractivity (Wildman–Crippen MR) is 108 cm³/mol. The van der Waals surface area contributed by atoms with Crippen LogP contribution in [0.2, 0.25) is 10.0 Å².